The number of aromatic amines is 1. The molecule has 3 rings (SSSR count). The van der Waals surface area contributed by atoms with Gasteiger partial charge in [-0.15, -0.1) is 0 Å². The molecule has 0 aliphatic heterocycles. The average Bonchev–Trinajstić information content (AvgIpc) is 2.95. The van der Waals surface area contributed by atoms with E-state index in [9.17, 15) is 4.79 Å². The summed E-state index contributed by atoms with van der Waals surface area (Å²) in [5.41, 5.74) is 3.98. The van der Waals surface area contributed by atoms with Crippen molar-refractivity contribution in [1.82, 2.24) is 15.3 Å². The van der Waals surface area contributed by atoms with E-state index in [2.05, 4.69) is 15.3 Å². The number of nitrogens with one attached hydrogen (secondary N) is 2. The lowest BCUT2D eigenvalue weighted by molar-refractivity contribution is 0.0943. The molecule has 0 spiro atoms. The summed E-state index contributed by atoms with van der Waals surface area (Å²) in [4.78, 5) is 19.8. The minimum atomic E-state index is -0.0242. The zero-order valence-corrected chi connectivity index (χ0v) is 13.5. The molecule has 118 valence electrons. The number of fused-ring (bicyclic) bond motifs is 1. The second-order valence-electron chi connectivity index (χ2n) is 6.03. The number of amides is 1. The van der Waals surface area contributed by atoms with E-state index >= 15 is 0 Å². The Morgan fingerprint density at radius 3 is 2.52 bits per heavy atom. The van der Waals surface area contributed by atoms with Crippen LogP contribution in [0.3, 0.4) is 0 Å². The van der Waals surface area contributed by atoms with Crippen LogP contribution < -0.4 is 5.32 Å². The Morgan fingerprint density at radius 1 is 1.09 bits per heavy atom. The standard InChI is InChI=1S/C19H21N3O/c1-13(2)20-19(23)15-10-7-14(8-11-15)9-12-18-21-16-5-3-4-6-17(16)22-18/h3-8,10-11,13H,9,12H2,1-2H3,(H,20,23)(H,21,22). The van der Waals surface area contributed by atoms with E-state index in [0.717, 1.165) is 29.7 Å². The van der Waals surface area contributed by atoms with E-state index in [1.54, 1.807) is 0 Å². The lowest BCUT2D eigenvalue weighted by Gasteiger charge is -2.08. The highest BCUT2D eigenvalue weighted by molar-refractivity contribution is 5.94. The number of aryl methyl sites for hydroxylation is 2. The number of hydrogen-bond donors (Lipinski definition) is 2. The second kappa shape index (κ2) is 6.65. The number of para-hydroxylation sites is 2. The third kappa shape index (κ3) is 3.77. The number of carbonyl (C=O) groups is 1. The first kappa shape index (κ1) is 15.3. The van der Waals surface area contributed by atoms with Crippen molar-refractivity contribution in [1.29, 1.82) is 0 Å². The normalized spacial score (nSPS) is 11.1. The molecule has 0 saturated carbocycles. The fourth-order valence-corrected chi connectivity index (χ4v) is 2.56. The molecule has 0 aliphatic carbocycles. The third-order valence-electron chi connectivity index (χ3n) is 3.72. The molecule has 0 saturated heterocycles. The lowest BCUT2D eigenvalue weighted by Crippen LogP contribution is -2.29. The number of nitrogens with zero attached hydrogens (tertiary/aromatic N) is 1. The Labute approximate surface area is 136 Å². The molecule has 4 heteroatoms. The van der Waals surface area contributed by atoms with Gasteiger partial charge in [0.2, 0.25) is 0 Å². The maximum absolute atomic E-state index is 11.9. The maximum atomic E-state index is 11.9. The zero-order valence-electron chi connectivity index (χ0n) is 13.5. The monoisotopic (exact) mass is 307 g/mol. The van der Waals surface area contributed by atoms with Crippen LogP contribution in [0.2, 0.25) is 0 Å². The van der Waals surface area contributed by atoms with Gasteiger partial charge in [0.25, 0.3) is 5.91 Å². The highest BCUT2D eigenvalue weighted by atomic mass is 16.1. The molecular weight excluding hydrogens is 286 g/mol. The van der Waals surface area contributed by atoms with Gasteiger partial charge in [0, 0.05) is 18.0 Å². The topological polar surface area (TPSA) is 57.8 Å². The smallest absolute Gasteiger partial charge is 0.251 e. The van der Waals surface area contributed by atoms with Crippen LogP contribution in [0.5, 0.6) is 0 Å². The molecule has 1 aromatic heterocycles. The van der Waals surface area contributed by atoms with Gasteiger partial charge in [-0.2, -0.15) is 0 Å². The van der Waals surface area contributed by atoms with Crippen LogP contribution >= 0.6 is 0 Å². The minimum Gasteiger partial charge on any atom is -0.350 e. The van der Waals surface area contributed by atoms with Crippen LogP contribution in [-0.2, 0) is 12.8 Å². The summed E-state index contributed by atoms with van der Waals surface area (Å²) >= 11 is 0. The predicted molar refractivity (Wildman–Crippen MR) is 92.5 cm³/mol. The van der Waals surface area contributed by atoms with Crippen molar-refractivity contribution >= 4 is 16.9 Å². The molecule has 23 heavy (non-hydrogen) atoms. The molecule has 0 radical (unpaired) electrons. The number of aromatic nitrogens is 2. The first-order valence-corrected chi connectivity index (χ1v) is 7.95. The first-order chi connectivity index (χ1) is 11.1. The average molecular weight is 307 g/mol. The molecule has 0 atom stereocenters. The summed E-state index contributed by atoms with van der Waals surface area (Å²) in [6.45, 7) is 3.92. The number of hydrogen-bond acceptors (Lipinski definition) is 2. The van der Waals surface area contributed by atoms with E-state index in [1.807, 2.05) is 62.4 Å². The van der Waals surface area contributed by atoms with Crippen LogP contribution in [0, 0.1) is 0 Å². The van der Waals surface area contributed by atoms with Crippen LogP contribution in [0.25, 0.3) is 11.0 Å². The van der Waals surface area contributed by atoms with Crippen LogP contribution in [0.4, 0.5) is 0 Å². The van der Waals surface area contributed by atoms with Crippen molar-refractivity contribution in [3.8, 4) is 0 Å². The van der Waals surface area contributed by atoms with Crippen LogP contribution in [0.15, 0.2) is 48.5 Å². The third-order valence-corrected chi connectivity index (χ3v) is 3.72. The van der Waals surface area contributed by atoms with Crippen molar-refractivity contribution in [3.63, 3.8) is 0 Å². The predicted octanol–water partition coefficient (Wildman–Crippen LogP) is 3.49. The number of imidazole rings is 1. The van der Waals surface area contributed by atoms with Crippen molar-refractivity contribution in [2.45, 2.75) is 32.7 Å². The van der Waals surface area contributed by atoms with Gasteiger partial charge < -0.3 is 10.3 Å². The van der Waals surface area contributed by atoms with E-state index < -0.39 is 0 Å². The first-order valence-electron chi connectivity index (χ1n) is 7.95. The Morgan fingerprint density at radius 2 is 1.83 bits per heavy atom. The van der Waals surface area contributed by atoms with Gasteiger partial charge in [0.1, 0.15) is 5.82 Å². The lowest BCUT2D eigenvalue weighted by atomic mass is 10.1. The zero-order chi connectivity index (χ0) is 16.2. The summed E-state index contributed by atoms with van der Waals surface area (Å²) < 4.78 is 0. The second-order valence-corrected chi connectivity index (χ2v) is 6.03. The van der Waals surface area contributed by atoms with Crippen molar-refractivity contribution in [2.24, 2.45) is 0 Å². The van der Waals surface area contributed by atoms with Crippen LogP contribution in [0.1, 0.15) is 35.6 Å². The minimum absolute atomic E-state index is 0.0242. The SMILES string of the molecule is CC(C)NC(=O)c1ccc(CCc2nc3ccccc3[nH]2)cc1. The van der Waals surface area contributed by atoms with Crippen molar-refractivity contribution in [2.75, 3.05) is 0 Å². The molecule has 4 nitrogen and oxygen atoms in total. The Kier molecular flexibility index (Phi) is 4.42. The largest absolute Gasteiger partial charge is 0.350 e. The summed E-state index contributed by atoms with van der Waals surface area (Å²) in [5.74, 6) is 0.969. The molecule has 0 fully saturated rings. The van der Waals surface area contributed by atoms with Gasteiger partial charge in [0.05, 0.1) is 11.0 Å². The summed E-state index contributed by atoms with van der Waals surface area (Å²) in [6, 6.07) is 16.0. The van der Waals surface area contributed by atoms with Crippen molar-refractivity contribution < 1.29 is 4.79 Å². The fourth-order valence-electron chi connectivity index (χ4n) is 2.56. The summed E-state index contributed by atoms with van der Waals surface area (Å²) in [7, 11) is 0. The molecular formula is C19H21N3O. The van der Waals surface area contributed by atoms with Gasteiger partial charge in [-0.1, -0.05) is 24.3 Å². The van der Waals surface area contributed by atoms with Gasteiger partial charge >= 0.3 is 0 Å². The molecule has 0 bridgehead atoms. The summed E-state index contributed by atoms with van der Waals surface area (Å²) in [6.07, 6.45) is 1.75. The quantitative estimate of drug-likeness (QED) is 0.758. The Hall–Kier alpha value is -2.62. The van der Waals surface area contributed by atoms with Gasteiger partial charge in [-0.05, 0) is 50.1 Å². The number of benzene rings is 2. The molecule has 2 aromatic carbocycles. The van der Waals surface area contributed by atoms with Crippen molar-refractivity contribution in [3.05, 3.63) is 65.5 Å². The number of carbonyl (C=O) groups excluding carboxylic acids is 1. The number of rotatable bonds is 5. The molecule has 1 heterocycles. The molecule has 1 amide bonds. The molecule has 0 aliphatic rings. The van der Waals surface area contributed by atoms with E-state index in [1.165, 1.54) is 5.56 Å². The van der Waals surface area contributed by atoms with Gasteiger partial charge in [0.15, 0.2) is 0 Å². The highest BCUT2D eigenvalue weighted by Gasteiger charge is 2.07. The highest BCUT2D eigenvalue weighted by Crippen LogP contribution is 2.13. The molecule has 3 aromatic rings. The van der Waals surface area contributed by atoms with E-state index in [0.29, 0.717) is 5.56 Å². The fraction of sp³-hybridized carbons (Fsp3) is 0.263. The van der Waals surface area contributed by atoms with E-state index in [-0.39, 0.29) is 11.9 Å². The Balaban J connectivity index is 1.63. The van der Waals surface area contributed by atoms with Gasteiger partial charge in [-0.25, -0.2) is 4.98 Å². The maximum Gasteiger partial charge on any atom is 0.251 e. The van der Waals surface area contributed by atoms with Gasteiger partial charge in [-0.3, -0.25) is 4.79 Å². The summed E-state index contributed by atoms with van der Waals surface area (Å²) in [5, 5.41) is 2.90. The van der Waals surface area contributed by atoms with E-state index in [4.69, 9.17) is 0 Å². The molecule has 0 unspecified atom stereocenters. The molecule has 2 N–H and O–H groups in total. The van der Waals surface area contributed by atoms with Crippen LogP contribution in [-0.4, -0.2) is 21.9 Å². The Bertz CT molecular complexity index is 770. The number of H-pyrrole nitrogens is 1.